The Morgan fingerprint density at radius 3 is 2.74 bits per heavy atom. The SMILES string of the molecule is CCCc1c(O)nc(-c2cc(Cl)ccc2Cl)[nH]c1=O. The van der Waals surface area contributed by atoms with Crippen molar-refractivity contribution < 1.29 is 5.11 Å². The molecule has 0 aliphatic rings. The molecule has 0 amide bonds. The van der Waals surface area contributed by atoms with Crippen LogP contribution in [-0.2, 0) is 6.42 Å². The summed E-state index contributed by atoms with van der Waals surface area (Å²) in [4.78, 5) is 18.5. The van der Waals surface area contributed by atoms with E-state index in [0.717, 1.165) is 6.42 Å². The average molecular weight is 299 g/mol. The van der Waals surface area contributed by atoms with Crippen molar-refractivity contribution in [3.05, 3.63) is 44.2 Å². The molecule has 0 bridgehead atoms. The summed E-state index contributed by atoms with van der Waals surface area (Å²) in [5.74, 6) is -0.0634. The molecule has 1 aromatic carbocycles. The van der Waals surface area contributed by atoms with Gasteiger partial charge in [0.1, 0.15) is 5.82 Å². The zero-order valence-electron chi connectivity index (χ0n) is 10.2. The van der Waals surface area contributed by atoms with Gasteiger partial charge in [0.05, 0.1) is 10.6 Å². The highest BCUT2D eigenvalue weighted by Crippen LogP contribution is 2.28. The number of aromatic amines is 1. The third kappa shape index (κ3) is 2.91. The topological polar surface area (TPSA) is 66.0 Å². The van der Waals surface area contributed by atoms with E-state index in [2.05, 4.69) is 9.97 Å². The van der Waals surface area contributed by atoms with Crippen LogP contribution in [-0.4, -0.2) is 15.1 Å². The van der Waals surface area contributed by atoms with E-state index in [9.17, 15) is 9.90 Å². The Bertz CT molecular complexity index is 668. The van der Waals surface area contributed by atoms with Gasteiger partial charge in [-0.1, -0.05) is 36.5 Å². The number of aromatic nitrogens is 2. The van der Waals surface area contributed by atoms with Crippen molar-refractivity contribution in [1.82, 2.24) is 9.97 Å². The molecule has 19 heavy (non-hydrogen) atoms. The molecule has 0 fully saturated rings. The van der Waals surface area contributed by atoms with E-state index in [4.69, 9.17) is 23.2 Å². The van der Waals surface area contributed by atoms with Gasteiger partial charge in [0, 0.05) is 10.6 Å². The Balaban J connectivity index is 2.58. The molecule has 1 aromatic heterocycles. The second-order valence-electron chi connectivity index (χ2n) is 4.09. The Morgan fingerprint density at radius 1 is 1.37 bits per heavy atom. The summed E-state index contributed by atoms with van der Waals surface area (Å²) in [6, 6.07) is 4.83. The van der Waals surface area contributed by atoms with E-state index in [1.165, 1.54) is 0 Å². The number of halogens is 2. The Morgan fingerprint density at radius 2 is 2.11 bits per heavy atom. The van der Waals surface area contributed by atoms with E-state index in [1.807, 2.05) is 6.92 Å². The van der Waals surface area contributed by atoms with Crippen LogP contribution >= 0.6 is 23.2 Å². The molecule has 0 atom stereocenters. The van der Waals surface area contributed by atoms with Gasteiger partial charge < -0.3 is 10.1 Å². The first-order valence-corrected chi connectivity index (χ1v) is 6.56. The van der Waals surface area contributed by atoms with Crippen LogP contribution in [0.25, 0.3) is 11.4 Å². The van der Waals surface area contributed by atoms with Crippen molar-refractivity contribution in [1.29, 1.82) is 0 Å². The molecule has 2 N–H and O–H groups in total. The third-order valence-corrected chi connectivity index (χ3v) is 3.24. The van der Waals surface area contributed by atoms with Crippen molar-refractivity contribution in [2.75, 3.05) is 0 Å². The van der Waals surface area contributed by atoms with Gasteiger partial charge in [0.25, 0.3) is 5.56 Å². The Labute approximate surface area is 120 Å². The van der Waals surface area contributed by atoms with Crippen LogP contribution < -0.4 is 5.56 Å². The van der Waals surface area contributed by atoms with E-state index in [0.29, 0.717) is 22.0 Å². The standard InChI is InChI=1S/C13H12Cl2N2O2/c1-2-3-8-12(18)16-11(17-13(8)19)9-6-7(14)4-5-10(9)15/h4-6H,2-3H2,1H3,(H2,16,17,18,19). The highest BCUT2D eigenvalue weighted by molar-refractivity contribution is 6.35. The molecule has 2 aromatic rings. The minimum atomic E-state index is -0.361. The highest BCUT2D eigenvalue weighted by Gasteiger charge is 2.13. The molecule has 2 rings (SSSR count). The first-order chi connectivity index (χ1) is 9.02. The maximum Gasteiger partial charge on any atom is 0.258 e. The van der Waals surface area contributed by atoms with Gasteiger partial charge in [0.15, 0.2) is 0 Å². The molecule has 0 aliphatic heterocycles. The Hall–Kier alpha value is -1.52. The summed E-state index contributed by atoms with van der Waals surface area (Å²) < 4.78 is 0. The van der Waals surface area contributed by atoms with Gasteiger partial charge >= 0.3 is 0 Å². The third-order valence-electron chi connectivity index (χ3n) is 2.68. The zero-order chi connectivity index (χ0) is 14.0. The van der Waals surface area contributed by atoms with Gasteiger partial charge in [0.2, 0.25) is 5.88 Å². The molecule has 0 radical (unpaired) electrons. The smallest absolute Gasteiger partial charge is 0.258 e. The predicted octanol–water partition coefficient (Wildman–Crippen LogP) is 3.40. The van der Waals surface area contributed by atoms with Gasteiger partial charge in [-0.3, -0.25) is 4.79 Å². The van der Waals surface area contributed by atoms with Crippen molar-refractivity contribution in [2.24, 2.45) is 0 Å². The van der Waals surface area contributed by atoms with Crippen molar-refractivity contribution >= 4 is 23.2 Å². The number of aromatic hydroxyl groups is 1. The lowest BCUT2D eigenvalue weighted by Gasteiger charge is -2.07. The van der Waals surface area contributed by atoms with Crippen LogP contribution in [0.3, 0.4) is 0 Å². The van der Waals surface area contributed by atoms with Gasteiger partial charge in [-0.2, -0.15) is 4.98 Å². The molecule has 0 aliphatic carbocycles. The number of hydrogen-bond acceptors (Lipinski definition) is 3. The second-order valence-corrected chi connectivity index (χ2v) is 4.93. The van der Waals surface area contributed by atoms with E-state index in [1.54, 1.807) is 18.2 Å². The number of nitrogens with zero attached hydrogens (tertiary/aromatic N) is 1. The van der Waals surface area contributed by atoms with Crippen LogP contribution in [0.15, 0.2) is 23.0 Å². The summed E-state index contributed by atoms with van der Waals surface area (Å²) >= 11 is 11.9. The molecule has 6 heteroatoms. The van der Waals surface area contributed by atoms with Crippen LogP contribution in [0.4, 0.5) is 0 Å². The molecule has 1 heterocycles. The summed E-state index contributed by atoms with van der Waals surface area (Å²) in [6.07, 6.45) is 1.22. The number of benzene rings is 1. The highest BCUT2D eigenvalue weighted by atomic mass is 35.5. The van der Waals surface area contributed by atoms with Crippen molar-refractivity contribution in [3.63, 3.8) is 0 Å². The first-order valence-electron chi connectivity index (χ1n) is 5.80. The lowest BCUT2D eigenvalue weighted by atomic mass is 10.1. The quantitative estimate of drug-likeness (QED) is 0.912. The monoisotopic (exact) mass is 298 g/mol. The molecular formula is C13H12Cl2N2O2. The average Bonchev–Trinajstić information content (AvgIpc) is 2.36. The fourth-order valence-electron chi connectivity index (χ4n) is 1.77. The first kappa shape index (κ1) is 13.9. The van der Waals surface area contributed by atoms with Gasteiger partial charge in [-0.25, -0.2) is 0 Å². The minimum Gasteiger partial charge on any atom is -0.493 e. The van der Waals surface area contributed by atoms with Gasteiger partial charge in [-0.05, 0) is 24.6 Å². The molecule has 4 nitrogen and oxygen atoms in total. The normalized spacial score (nSPS) is 10.7. The fraction of sp³-hybridized carbons (Fsp3) is 0.231. The maximum absolute atomic E-state index is 11.9. The molecule has 0 saturated carbocycles. The van der Waals surface area contributed by atoms with E-state index in [-0.39, 0.29) is 22.8 Å². The largest absolute Gasteiger partial charge is 0.493 e. The van der Waals surface area contributed by atoms with Crippen LogP contribution in [0.2, 0.25) is 10.0 Å². The van der Waals surface area contributed by atoms with E-state index >= 15 is 0 Å². The predicted molar refractivity (Wildman–Crippen MR) is 76.0 cm³/mol. The second kappa shape index (κ2) is 5.63. The van der Waals surface area contributed by atoms with Crippen molar-refractivity contribution in [2.45, 2.75) is 19.8 Å². The molecule has 0 saturated heterocycles. The number of nitrogens with one attached hydrogen (secondary N) is 1. The lowest BCUT2D eigenvalue weighted by molar-refractivity contribution is 0.443. The number of rotatable bonds is 3. The lowest BCUT2D eigenvalue weighted by Crippen LogP contribution is -2.15. The molecular weight excluding hydrogens is 287 g/mol. The van der Waals surface area contributed by atoms with Crippen LogP contribution in [0, 0.1) is 0 Å². The van der Waals surface area contributed by atoms with E-state index < -0.39 is 0 Å². The maximum atomic E-state index is 11.9. The number of hydrogen-bond donors (Lipinski definition) is 2. The number of H-pyrrole nitrogens is 1. The Kier molecular flexibility index (Phi) is 4.12. The fourth-order valence-corrected chi connectivity index (χ4v) is 2.15. The minimum absolute atomic E-state index is 0.204. The molecule has 0 unspecified atom stereocenters. The zero-order valence-corrected chi connectivity index (χ0v) is 11.7. The van der Waals surface area contributed by atoms with Gasteiger partial charge in [-0.15, -0.1) is 0 Å². The summed E-state index contributed by atoms with van der Waals surface area (Å²) in [5, 5.41) is 10.7. The summed E-state index contributed by atoms with van der Waals surface area (Å²) in [7, 11) is 0. The summed E-state index contributed by atoms with van der Waals surface area (Å²) in [6.45, 7) is 1.92. The van der Waals surface area contributed by atoms with Crippen LogP contribution in [0.5, 0.6) is 5.88 Å². The molecule has 0 spiro atoms. The summed E-state index contributed by atoms with van der Waals surface area (Å²) in [5.41, 5.74) is 0.398. The van der Waals surface area contributed by atoms with Crippen molar-refractivity contribution in [3.8, 4) is 17.3 Å². The molecule has 100 valence electrons. The van der Waals surface area contributed by atoms with Crippen LogP contribution in [0.1, 0.15) is 18.9 Å².